The highest BCUT2D eigenvalue weighted by Gasteiger charge is 2.32. The summed E-state index contributed by atoms with van der Waals surface area (Å²) in [6.07, 6.45) is 5.32. The number of carbonyl (C=O) groups excluding carboxylic acids is 1. The van der Waals surface area contributed by atoms with Crippen LogP contribution < -0.4 is 0 Å². The molecule has 4 nitrogen and oxygen atoms in total. The molecule has 1 aromatic rings. The molecule has 3 rings (SSSR count). The Morgan fingerprint density at radius 2 is 2.28 bits per heavy atom. The number of nitrogens with zero attached hydrogens (tertiary/aromatic N) is 2. The molecule has 0 amide bonds. The third-order valence-electron chi connectivity index (χ3n) is 3.14. The maximum Gasteiger partial charge on any atom is 0.333 e. The van der Waals surface area contributed by atoms with E-state index in [-0.39, 0.29) is 5.97 Å². The molecule has 1 saturated carbocycles. The van der Waals surface area contributed by atoms with Gasteiger partial charge in [0.2, 0.25) is 5.95 Å². The summed E-state index contributed by atoms with van der Waals surface area (Å²) >= 11 is 0. The fraction of sp³-hybridized carbons (Fsp3) is 0.385. The molecule has 0 radical (unpaired) electrons. The smallest absolute Gasteiger partial charge is 0.333 e. The summed E-state index contributed by atoms with van der Waals surface area (Å²) in [6, 6.07) is 3.54. The number of carbonyl (C=O) groups is 1. The van der Waals surface area contributed by atoms with Gasteiger partial charge in [0.25, 0.3) is 0 Å². The van der Waals surface area contributed by atoms with Crippen LogP contribution in [0, 0.1) is 5.95 Å². The Kier molecular flexibility index (Phi) is 2.74. The van der Waals surface area contributed by atoms with Crippen LogP contribution in [-0.4, -0.2) is 28.5 Å². The lowest BCUT2D eigenvalue weighted by Crippen LogP contribution is -2.25. The van der Waals surface area contributed by atoms with Gasteiger partial charge in [-0.15, -0.1) is 0 Å². The van der Waals surface area contributed by atoms with Crippen molar-refractivity contribution >= 4 is 5.97 Å². The number of halogens is 1. The van der Waals surface area contributed by atoms with Gasteiger partial charge in [0, 0.05) is 24.9 Å². The van der Waals surface area contributed by atoms with E-state index in [0.717, 1.165) is 24.1 Å². The van der Waals surface area contributed by atoms with Crippen LogP contribution in [0.2, 0.25) is 0 Å². The van der Waals surface area contributed by atoms with Crippen molar-refractivity contribution in [2.24, 2.45) is 0 Å². The summed E-state index contributed by atoms with van der Waals surface area (Å²) in [5.74, 6) is -0.761. The molecule has 1 fully saturated rings. The van der Waals surface area contributed by atoms with E-state index in [1.165, 1.54) is 18.3 Å². The molecule has 0 saturated heterocycles. The second-order valence-electron chi connectivity index (χ2n) is 4.59. The van der Waals surface area contributed by atoms with Gasteiger partial charge in [-0.1, -0.05) is 6.07 Å². The normalized spacial score (nSPS) is 18.5. The molecule has 94 valence electrons. The van der Waals surface area contributed by atoms with Gasteiger partial charge in [-0.2, -0.15) is 4.39 Å². The number of cyclic esters (lactones) is 1. The molecule has 2 aliphatic rings. The maximum atomic E-state index is 12.7. The van der Waals surface area contributed by atoms with Crippen LogP contribution >= 0.6 is 0 Å². The molecule has 5 heteroatoms. The van der Waals surface area contributed by atoms with Gasteiger partial charge in [-0.25, -0.2) is 9.78 Å². The summed E-state index contributed by atoms with van der Waals surface area (Å²) in [6.45, 7) is 0.977. The maximum absolute atomic E-state index is 12.7. The zero-order chi connectivity index (χ0) is 12.5. The van der Waals surface area contributed by atoms with E-state index in [2.05, 4.69) is 9.88 Å². The number of esters is 1. The average molecular weight is 248 g/mol. The van der Waals surface area contributed by atoms with E-state index >= 15 is 0 Å². The van der Waals surface area contributed by atoms with Gasteiger partial charge in [-0.05, 0) is 24.5 Å². The minimum atomic E-state index is -0.477. The van der Waals surface area contributed by atoms with Crippen molar-refractivity contribution in [3.63, 3.8) is 0 Å². The third kappa shape index (κ3) is 2.34. The molecule has 18 heavy (non-hydrogen) atoms. The quantitative estimate of drug-likeness (QED) is 0.600. The van der Waals surface area contributed by atoms with Crippen molar-refractivity contribution < 1.29 is 13.9 Å². The Morgan fingerprint density at radius 1 is 1.44 bits per heavy atom. The van der Waals surface area contributed by atoms with Gasteiger partial charge < -0.3 is 9.64 Å². The lowest BCUT2D eigenvalue weighted by Gasteiger charge is -2.24. The van der Waals surface area contributed by atoms with E-state index in [0.29, 0.717) is 19.2 Å². The van der Waals surface area contributed by atoms with Gasteiger partial charge in [0.05, 0.1) is 5.70 Å². The van der Waals surface area contributed by atoms with Crippen LogP contribution in [0.1, 0.15) is 18.4 Å². The molecular formula is C13H13FN2O2. The molecule has 1 aliphatic carbocycles. The lowest BCUT2D eigenvalue weighted by atomic mass is 10.2. The number of rotatable bonds is 4. The van der Waals surface area contributed by atoms with E-state index in [9.17, 15) is 9.18 Å². The molecule has 0 bridgehead atoms. The van der Waals surface area contributed by atoms with Gasteiger partial charge in [-0.3, -0.25) is 0 Å². The standard InChI is InChI=1S/C13H13FN2O2/c14-12-4-1-9(6-15-12)7-16(10-2-3-10)11-5-13(17)18-8-11/h1,4-6,10H,2-3,7-8H2. The fourth-order valence-corrected chi connectivity index (χ4v) is 2.08. The summed E-state index contributed by atoms with van der Waals surface area (Å²) in [4.78, 5) is 16.9. The highest BCUT2D eigenvalue weighted by molar-refractivity contribution is 5.85. The van der Waals surface area contributed by atoms with Crippen molar-refractivity contribution in [3.05, 3.63) is 41.6 Å². The first-order valence-corrected chi connectivity index (χ1v) is 5.97. The van der Waals surface area contributed by atoms with E-state index in [4.69, 9.17) is 4.74 Å². The van der Waals surface area contributed by atoms with Crippen LogP contribution in [0.25, 0.3) is 0 Å². The van der Waals surface area contributed by atoms with Crippen LogP contribution in [-0.2, 0) is 16.1 Å². The topological polar surface area (TPSA) is 42.4 Å². The van der Waals surface area contributed by atoms with Crippen molar-refractivity contribution in [2.45, 2.75) is 25.4 Å². The second kappa shape index (κ2) is 4.40. The number of pyridine rings is 1. The van der Waals surface area contributed by atoms with E-state index in [1.807, 2.05) is 0 Å². The molecule has 1 aromatic heterocycles. The molecule has 0 N–H and O–H groups in total. The minimum absolute atomic E-state index is 0.284. The molecule has 0 aromatic carbocycles. The number of ether oxygens (including phenoxy) is 1. The highest BCUT2D eigenvalue weighted by Crippen LogP contribution is 2.32. The zero-order valence-corrected chi connectivity index (χ0v) is 9.80. The van der Waals surface area contributed by atoms with Crippen LogP contribution in [0.4, 0.5) is 4.39 Å². The molecule has 1 aliphatic heterocycles. The summed E-state index contributed by atoms with van der Waals surface area (Å²) in [5, 5.41) is 0. The van der Waals surface area contributed by atoms with Crippen molar-refractivity contribution in [1.82, 2.24) is 9.88 Å². The molecule has 0 unspecified atom stereocenters. The van der Waals surface area contributed by atoms with Crippen molar-refractivity contribution in [1.29, 1.82) is 0 Å². The number of aromatic nitrogens is 1. The highest BCUT2D eigenvalue weighted by atomic mass is 19.1. The Hall–Kier alpha value is -1.91. The van der Waals surface area contributed by atoms with Crippen LogP contribution in [0.15, 0.2) is 30.1 Å². The van der Waals surface area contributed by atoms with Gasteiger partial charge in [0.1, 0.15) is 6.61 Å². The molecule has 2 heterocycles. The molecule has 0 atom stereocenters. The first kappa shape index (κ1) is 11.2. The Morgan fingerprint density at radius 3 is 2.83 bits per heavy atom. The van der Waals surface area contributed by atoms with Crippen LogP contribution in [0.5, 0.6) is 0 Å². The van der Waals surface area contributed by atoms with E-state index in [1.54, 1.807) is 6.07 Å². The SMILES string of the molecule is O=C1C=C(N(Cc2ccc(F)nc2)C2CC2)CO1. The first-order valence-electron chi connectivity index (χ1n) is 5.97. The molecular weight excluding hydrogens is 235 g/mol. The monoisotopic (exact) mass is 248 g/mol. The Bertz CT molecular complexity index is 494. The summed E-state index contributed by atoms with van der Waals surface area (Å²) in [5.41, 5.74) is 1.84. The van der Waals surface area contributed by atoms with Crippen molar-refractivity contribution in [3.8, 4) is 0 Å². The predicted octanol–water partition coefficient (Wildman–Crippen LogP) is 1.63. The first-order chi connectivity index (χ1) is 8.72. The zero-order valence-electron chi connectivity index (χ0n) is 9.80. The largest absolute Gasteiger partial charge is 0.456 e. The fourth-order valence-electron chi connectivity index (χ4n) is 2.08. The van der Waals surface area contributed by atoms with E-state index < -0.39 is 5.95 Å². The molecule has 0 spiro atoms. The summed E-state index contributed by atoms with van der Waals surface area (Å²) < 4.78 is 17.7. The van der Waals surface area contributed by atoms with Gasteiger partial charge in [0.15, 0.2) is 0 Å². The number of hydrogen-bond donors (Lipinski definition) is 0. The third-order valence-corrected chi connectivity index (χ3v) is 3.14. The van der Waals surface area contributed by atoms with Gasteiger partial charge >= 0.3 is 5.97 Å². The average Bonchev–Trinajstić information content (AvgIpc) is 3.11. The lowest BCUT2D eigenvalue weighted by molar-refractivity contribution is -0.135. The Balaban J connectivity index is 1.76. The summed E-state index contributed by atoms with van der Waals surface area (Å²) in [7, 11) is 0. The second-order valence-corrected chi connectivity index (χ2v) is 4.59. The van der Waals surface area contributed by atoms with Crippen LogP contribution in [0.3, 0.4) is 0 Å². The minimum Gasteiger partial charge on any atom is -0.456 e. The van der Waals surface area contributed by atoms with Crippen molar-refractivity contribution in [2.75, 3.05) is 6.61 Å². The predicted molar refractivity (Wildman–Crippen MR) is 61.8 cm³/mol. The Labute approximate surface area is 104 Å². The number of hydrogen-bond acceptors (Lipinski definition) is 4.